The van der Waals surface area contributed by atoms with Gasteiger partial charge in [0.25, 0.3) is 5.91 Å². The van der Waals surface area contributed by atoms with E-state index in [0.717, 1.165) is 5.56 Å². The van der Waals surface area contributed by atoms with Crippen molar-refractivity contribution in [2.24, 2.45) is 0 Å². The number of hydrogen-bond donors (Lipinski definition) is 4. The highest BCUT2D eigenvalue weighted by Crippen LogP contribution is 2.26. The summed E-state index contributed by atoms with van der Waals surface area (Å²) in [7, 11) is 0. The van der Waals surface area contributed by atoms with Crippen molar-refractivity contribution in [1.29, 1.82) is 0 Å². The minimum absolute atomic E-state index is 0. The van der Waals surface area contributed by atoms with Gasteiger partial charge in [0.15, 0.2) is 0 Å². The van der Waals surface area contributed by atoms with Gasteiger partial charge in [-0.15, -0.1) is 12.4 Å². The highest BCUT2D eigenvalue weighted by Gasteiger charge is 2.29. The van der Waals surface area contributed by atoms with Gasteiger partial charge >= 0.3 is 12.1 Å². The van der Waals surface area contributed by atoms with E-state index in [0.29, 0.717) is 11.3 Å². The van der Waals surface area contributed by atoms with E-state index >= 15 is 0 Å². The zero-order valence-corrected chi connectivity index (χ0v) is 20.5. The van der Waals surface area contributed by atoms with Crippen molar-refractivity contribution in [2.75, 3.05) is 5.32 Å². The highest BCUT2D eigenvalue weighted by molar-refractivity contribution is 6.09. The van der Waals surface area contributed by atoms with Gasteiger partial charge in [0.2, 0.25) is 11.8 Å². The molecule has 37 heavy (non-hydrogen) atoms. The lowest BCUT2D eigenvalue weighted by Crippen LogP contribution is -2.52. The molecule has 4 N–H and O–H groups in total. The average Bonchev–Trinajstić information content (AvgIpc) is 3.14. The second kappa shape index (κ2) is 11.5. The fraction of sp³-hybridized carbons (Fsp3) is 0.250. The van der Waals surface area contributed by atoms with E-state index in [2.05, 4.69) is 20.9 Å². The normalized spacial score (nSPS) is 14.9. The van der Waals surface area contributed by atoms with Crippen molar-refractivity contribution >= 4 is 58.9 Å². The van der Waals surface area contributed by atoms with E-state index < -0.39 is 42.4 Å². The Morgan fingerprint density at radius 2 is 1.92 bits per heavy atom. The Morgan fingerprint density at radius 1 is 1.19 bits per heavy atom. The molecule has 12 nitrogen and oxygen atoms in total. The first-order chi connectivity index (χ1) is 17.2. The number of ether oxygens (including phenoxy) is 1. The van der Waals surface area contributed by atoms with Crippen molar-refractivity contribution in [3.63, 3.8) is 0 Å². The van der Waals surface area contributed by atoms with Crippen molar-refractivity contribution in [2.45, 2.75) is 39.0 Å². The number of aryl methyl sites for hydroxylation is 1. The Bertz CT molecular complexity index is 1370. The van der Waals surface area contributed by atoms with Crippen LogP contribution in [0.2, 0.25) is 0 Å². The number of piperidine rings is 1. The lowest BCUT2D eigenvalue weighted by molar-refractivity contribution is -0.138. The fourth-order valence-corrected chi connectivity index (χ4v) is 3.86. The molecule has 2 aromatic carbocycles. The first-order valence-electron chi connectivity index (χ1n) is 11.1. The Balaban J connectivity index is 0.00000380. The minimum atomic E-state index is -1.12. The van der Waals surface area contributed by atoms with E-state index in [-0.39, 0.29) is 48.6 Å². The molecule has 1 unspecified atom stereocenters. The maximum absolute atomic E-state index is 13.2. The summed E-state index contributed by atoms with van der Waals surface area (Å²) in [6.07, 6.45) is -0.570. The SMILES string of the molecule is Cc1nc2c(C(=O)NC3CCC(=O)NC3=O)cc(NC(=O)OCc3ccccc3)cc2n1CC(=O)O.Cl. The molecule has 2 heterocycles. The molecule has 0 bridgehead atoms. The molecule has 1 aromatic heterocycles. The number of imidazole rings is 1. The number of carboxylic acid groups (broad SMARTS) is 1. The molecule has 0 aliphatic carbocycles. The van der Waals surface area contributed by atoms with Crippen LogP contribution in [0, 0.1) is 6.92 Å². The highest BCUT2D eigenvalue weighted by atomic mass is 35.5. The van der Waals surface area contributed by atoms with E-state index in [1.165, 1.54) is 16.7 Å². The van der Waals surface area contributed by atoms with Gasteiger partial charge in [-0.05, 0) is 31.0 Å². The first kappa shape index (κ1) is 27.1. The van der Waals surface area contributed by atoms with Crippen molar-refractivity contribution < 1.29 is 33.8 Å². The van der Waals surface area contributed by atoms with E-state index in [1.807, 2.05) is 18.2 Å². The number of aromatic nitrogens is 2. The van der Waals surface area contributed by atoms with Crippen molar-refractivity contribution in [1.82, 2.24) is 20.2 Å². The van der Waals surface area contributed by atoms with Gasteiger partial charge in [-0.2, -0.15) is 0 Å². The molecular formula is C24H24ClN5O7. The summed E-state index contributed by atoms with van der Waals surface area (Å²) in [5.74, 6) is -2.49. The predicted octanol–water partition coefficient (Wildman–Crippen LogP) is 2.13. The summed E-state index contributed by atoms with van der Waals surface area (Å²) in [6, 6.07) is 11.0. The molecule has 4 rings (SSSR count). The van der Waals surface area contributed by atoms with Crippen LogP contribution < -0.4 is 16.0 Å². The minimum Gasteiger partial charge on any atom is -0.480 e. The number of rotatable bonds is 7. The summed E-state index contributed by atoms with van der Waals surface area (Å²) in [6.45, 7) is 1.19. The second-order valence-corrected chi connectivity index (χ2v) is 8.19. The Kier molecular flexibility index (Phi) is 8.45. The molecule has 1 fully saturated rings. The van der Waals surface area contributed by atoms with Gasteiger partial charge in [-0.3, -0.25) is 29.8 Å². The third kappa shape index (κ3) is 6.41. The molecule has 194 valence electrons. The van der Waals surface area contributed by atoms with Crippen LogP contribution in [0.1, 0.15) is 34.6 Å². The van der Waals surface area contributed by atoms with Crippen LogP contribution in [0.4, 0.5) is 10.5 Å². The van der Waals surface area contributed by atoms with Crippen LogP contribution >= 0.6 is 12.4 Å². The van der Waals surface area contributed by atoms with Gasteiger partial charge in [-0.1, -0.05) is 30.3 Å². The number of carboxylic acids is 1. The van der Waals surface area contributed by atoms with E-state index in [1.54, 1.807) is 19.1 Å². The molecule has 0 saturated carbocycles. The fourth-order valence-electron chi connectivity index (χ4n) is 3.86. The van der Waals surface area contributed by atoms with Gasteiger partial charge < -0.3 is 19.7 Å². The van der Waals surface area contributed by atoms with Crippen LogP contribution in [-0.2, 0) is 32.3 Å². The summed E-state index contributed by atoms with van der Waals surface area (Å²) < 4.78 is 6.63. The van der Waals surface area contributed by atoms with E-state index in [9.17, 15) is 29.1 Å². The number of carbonyl (C=O) groups excluding carboxylic acids is 4. The van der Waals surface area contributed by atoms with Gasteiger partial charge in [0.1, 0.15) is 30.5 Å². The predicted molar refractivity (Wildman–Crippen MR) is 133 cm³/mol. The summed E-state index contributed by atoms with van der Waals surface area (Å²) in [5.41, 5.74) is 1.46. The number of benzene rings is 2. The molecular weight excluding hydrogens is 506 g/mol. The molecule has 1 aliphatic heterocycles. The largest absolute Gasteiger partial charge is 0.480 e. The number of carbonyl (C=O) groups is 5. The molecule has 1 atom stereocenters. The van der Waals surface area contributed by atoms with Gasteiger partial charge in [0, 0.05) is 12.1 Å². The number of halogens is 1. The molecule has 4 amide bonds. The number of nitrogens with zero attached hydrogens (tertiary/aromatic N) is 2. The molecule has 13 heteroatoms. The average molecular weight is 530 g/mol. The zero-order chi connectivity index (χ0) is 25.8. The standard InChI is InChI=1S/C24H23N5O7.ClH/c1-13-25-21-16(22(33)27-17-7-8-19(30)28-23(17)34)9-15(10-18(21)29(13)11-20(31)32)26-24(35)36-12-14-5-3-2-4-6-14;/h2-6,9-10,17H,7-8,11-12H2,1H3,(H,26,35)(H,27,33)(H,31,32)(H,28,30,34);1H. The third-order valence-corrected chi connectivity index (χ3v) is 5.59. The summed E-state index contributed by atoms with van der Waals surface area (Å²) in [4.78, 5) is 64.9. The maximum atomic E-state index is 13.2. The maximum Gasteiger partial charge on any atom is 0.411 e. The lowest BCUT2D eigenvalue weighted by atomic mass is 10.0. The number of anilines is 1. The monoisotopic (exact) mass is 529 g/mol. The number of hydrogen-bond acceptors (Lipinski definition) is 7. The van der Waals surface area contributed by atoms with E-state index in [4.69, 9.17) is 4.74 Å². The molecule has 3 aromatic rings. The van der Waals surface area contributed by atoms with Crippen LogP contribution in [0.15, 0.2) is 42.5 Å². The molecule has 0 radical (unpaired) electrons. The number of amides is 4. The molecule has 1 aliphatic rings. The van der Waals surface area contributed by atoms with Gasteiger partial charge in [-0.25, -0.2) is 9.78 Å². The first-order valence-corrected chi connectivity index (χ1v) is 11.1. The number of aliphatic carboxylic acids is 1. The molecule has 1 saturated heterocycles. The van der Waals surface area contributed by atoms with Gasteiger partial charge in [0.05, 0.1) is 11.1 Å². The van der Waals surface area contributed by atoms with Crippen LogP contribution in [0.5, 0.6) is 0 Å². The quantitative estimate of drug-likeness (QED) is 0.337. The third-order valence-electron chi connectivity index (χ3n) is 5.59. The number of nitrogens with one attached hydrogen (secondary N) is 3. The topological polar surface area (TPSA) is 169 Å². The Hall–Kier alpha value is -4.45. The van der Waals surface area contributed by atoms with Crippen LogP contribution in [0.3, 0.4) is 0 Å². The number of fused-ring (bicyclic) bond motifs is 1. The summed E-state index contributed by atoms with van der Waals surface area (Å²) in [5, 5.41) is 16.6. The second-order valence-electron chi connectivity index (χ2n) is 8.19. The Morgan fingerprint density at radius 3 is 2.59 bits per heavy atom. The molecule has 0 spiro atoms. The number of imide groups is 1. The lowest BCUT2D eigenvalue weighted by Gasteiger charge is -2.22. The van der Waals surface area contributed by atoms with Crippen molar-refractivity contribution in [3.8, 4) is 0 Å². The smallest absolute Gasteiger partial charge is 0.411 e. The Labute approximate surface area is 216 Å². The summed E-state index contributed by atoms with van der Waals surface area (Å²) >= 11 is 0. The zero-order valence-electron chi connectivity index (χ0n) is 19.6. The van der Waals surface area contributed by atoms with Crippen LogP contribution in [-0.4, -0.2) is 50.5 Å². The van der Waals surface area contributed by atoms with Crippen LogP contribution in [0.25, 0.3) is 11.0 Å². The van der Waals surface area contributed by atoms with Crippen molar-refractivity contribution in [3.05, 3.63) is 59.4 Å².